The van der Waals surface area contributed by atoms with Crippen molar-refractivity contribution < 1.29 is 23.8 Å². The van der Waals surface area contributed by atoms with Gasteiger partial charge < -0.3 is 14.2 Å². The van der Waals surface area contributed by atoms with E-state index in [0.29, 0.717) is 23.4 Å². The molecule has 0 bridgehead atoms. The number of rotatable bonds is 7. The summed E-state index contributed by atoms with van der Waals surface area (Å²) in [5, 5.41) is 11.0. The molecule has 3 aromatic heterocycles. The molecule has 11 nitrogen and oxygen atoms in total. The molecule has 29 heavy (non-hydrogen) atoms. The van der Waals surface area contributed by atoms with Gasteiger partial charge in [-0.1, -0.05) is 0 Å². The molecule has 1 N–H and O–H groups in total. The van der Waals surface area contributed by atoms with Crippen molar-refractivity contribution in [3.63, 3.8) is 0 Å². The first-order valence-corrected chi connectivity index (χ1v) is 9.06. The number of ether oxygens (including phenoxy) is 3. The third-order valence-electron chi connectivity index (χ3n) is 4.05. The van der Waals surface area contributed by atoms with Crippen LogP contribution in [0.5, 0.6) is 0 Å². The Morgan fingerprint density at radius 3 is 2.72 bits per heavy atom. The molecular weight excluding hydrogens is 380 g/mol. The van der Waals surface area contributed by atoms with Crippen LogP contribution in [0.25, 0.3) is 16.8 Å². The number of anilines is 1. The summed E-state index contributed by atoms with van der Waals surface area (Å²) in [4.78, 5) is 28.3. The Hall–Kier alpha value is -3.47. The van der Waals surface area contributed by atoms with E-state index in [1.165, 1.54) is 11.6 Å². The Balaban J connectivity index is 2.12. The number of esters is 1. The molecule has 0 aliphatic rings. The molecule has 0 aromatic carbocycles. The van der Waals surface area contributed by atoms with Gasteiger partial charge in [0, 0.05) is 18.4 Å². The second-order valence-electron chi connectivity index (χ2n) is 5.90. The van der Waals surface area contributed by atoms with E-state index < -0.39 is 12.1 Å². The van der Waals surface area contributed by atoms with Gasteiger partial charge in [-0.15, -0.1) is 5.10 Å². The van der Waals surface area contributed by atoms with Crippen molar-refractivity contribution in [2.45, 2.75) is 27.0 Å². The Bertz CT molecular complexity index is 1030. The number of fused-ring (bicyclic) bond motifs is 1. The molecule has 0 fully saturated rings. The topological polar surface area (TPSA) is 122 Å². The second-order valence-corrected chi connectivity index (χ2v) is 5.90. The molecule has 1 atom stereocenters. The van der Waals surface area contributed by atoms with Crippen LogP contribution in [0.4, 0.5) is 10.7 Å². The molecule has 0 saturated heterocycles. The van der Waals surface area contributed by atoms with Crippen LogP contribution in [-0.4, -0.2) is 56.8 Å². The van der Waals surface area contributed by atoms with Gasteiger partial charge in [-0.05, 0) is 32.9 Å². The number of carbonyl (C=O) groups excluding carboxylic acids is 2. The van der Waals surface area contributed by atoms with Crippen molar-refractivity contribution in [3.05, 3.63) is 30.2 Å². The number of nitrogens with one attached hydrogen (secondary N) is 1. The van der Waals surface area contributed by atoms with Gasteiger partial charge in [0.15, 0.2) is 5.69 Å². The van der Waals surface area contributed by atoms with Crippen molar-refractivity contribution in [2.24, 2.45) is 0 Å². The predicted octanol–water partition coefficient (Wildman–Crippen LogP) is 2.50. The van der Waals surface area contributed by atoms with Crippen molar-refractivity contribution in [3.8, 4) is 11.3 Å². The first-order chi connectivity index (χ1) is 14.0. The van der Waals surface area contributed by atoms with E-state index >= 15 is 0 Å². The highest BCUT2D eigenvalue weighted by Gasteiger charge is 2.20. The van der Waals surface area contributed by atoms with Gasteiger partial charge in [-0.2, -0.15) is 5.10 Å². The molecule has 1 amide bonds. The van der Waals surface area contributed by atoms with E-state index in [0.717, 1.165) is 0 Å². The maximum absolute atomic E-state index is 12.3. The number of hydrogen-bond donors (Lipinski definition) is 1. The lowest BCUT2D eigenvalue weighted by Gasteiger charge is -2.11. The molecular formula is C18H22N6O5. The Morgan fingerprint density at radius 1 is 1.24 bits per heavy atom. The summed E-state index contributed by atoms with van der Waals surface area (Å²) in [5.41, 5.74) is 1.88. The second kappa shape index (κ2) is 8.69. The molecule has 0 saturated carbocycles. The van der Waals surface area contributed by atoms with Crippen molar-refractivity contribution in [1.29, 1.82) is 0 Å². The fourth-order valence-electron chi connectivity index (χ4n) is 2.74. The van der Waals surface area contributed by atoms with E-state index in [9.17, 15) is 9.59 Å². The summed E-state index contributed by atoms with van der Waals surface area (Å²) in [7, 11) is 1.23. The summed E-state index contributed by atoms with van der Waals surface area (Å²) in [6.07, 6.45) is 2.39. The first kappa shape index (κ1) is 20.3. The molecule has 0 aliphatic heterocycles. The Labute approximate surface area is 166 Å². The molecule has 3 aromatic rings. The fourth-order valence-corrected chi connectivity index (χ4v) is 2.74. The SMILES string of the molecule is CCOC(=O)c1ccc2c(-c3cnn(C(C)OCC)c3)nc(NC(=O)OC)nn12. The normalized spacial score (nSPS) is 12.0. The minimum Gasteiger partial charge on any atom is -0.461 e. The van der Waals surface area contributed by atoms with E-state index in [-0.39, 0.29) is 24.5 Å². The molecule has 0 spiro atoms. The van der Waals surface area contributed by atoms with Gasteiger partial charge in [0.1, 0.15) is 11.9 Å². The highest BCUT2D eigenvalue weighted by atomic mass is 16.5. The quantitative estimate of drug-likeness (QED) is 0.598. The van der Waals surface area contributed by atoms with Crippen molar-refractivity contribution in [1.82, 2.24) is 24.4 Å². The summed E-state index contributed by atoms with van der Waals surface area (Å²) in [6.45, 7) is 6.25. The zero-order valence-corrected chi connectivity index (χ0v) is 16.6. The zero-order chi connectivity index (χ0) is 21.0. The van der Waals surface area contributed by atoms with Gasteiger partial charge in [-0.25, -0.2) is 23.8 Å². The standard InChI is InChI=1S/C18H22N6O5/c1-5-28-11(3)23-10-12(9-19-23)15-13-7-8-14(16(25)29-6-2)24(13)22-17(20-15)21-18(26)27-4/h7-11H,5-6H2,1-4H3,(H,21,22,26). The number of amides is 1. The summed E-state index contributed by atoms with van der Waals surface area (Å²) < 4.78 is 18.3. The first-order valence-electron chi connectivity index (χ1n) is 9.06. The van der Waals surface area contributed by atoms with Crippen molar-refractivity contribution in [2.75, 3.05) is 25.6 Å². The van der Waals surface area contributed by atoms with Crippen LogP contribution in [0.3, 0.4) is 0 Å². The van der Waals surface area contributed by atoms with Gasteiger partial charge in [0.25, 0.3) is 5.95 Å². The van der Waals surface area contributed by atoms with Crippen LogP contribution in [0.15, 0.2) is 24.5 Å². The number of hydrogen-bond acceptors (Lipinski definition) is 8. The van der Waals surface area contributed by atoms with Gasteiger partial charge >= 0.3 is 12.1 Å². The fraction of sp³-hybridized carbons (Fsp3) is 0.389. The maximum Gasteiger partial charge on any atom is 0.413 e. The zero-order valence-electron chi connectivity index (χ0n) is 16.6. The minimum atomic E-state index is -0.735. The van der Waals surface area contributed by atoms with Crippen LogP contribution in [0.1, 0.15) is 37.5 Å². The van der Waals surface area contributed by atoms with Crippen LogP contribution in [0, 0.1) is 0 Å². The summed E-state index contributed by atoms with van der Waals surface area (Å²) >= 11 is 0. The third kappa shape index (κ3) is 4.19. The largest absolute Gasteiger partial charge is 0.461 e. The maximum atomic E-state index is 12.3. The number of nitrogens with zero attached hydrogens (tertiary/aromatic N) is 5. The third-order valence-corrected chi connectivity index (χ3v) is 4.05. The minimum absolute atomic E-state index is 0.0355. The average Bonchev–Trinajstić information content (AvgIpc) is 3.35. The molecule has 11 heteroatoms. The predicted molar refractivity (Wildman–Crippen MR) is 103 cm³/mol. The molecule has 3 heterocycles. The summed E-state index contributed by atoms with van der Waals surface area (Å²) in [6, 6.07) is 3.29. The summed E-state index contributed by atoms with van der Waals surface area (Å²) in [5.74, 6) is -0.575. The van der Waals surface area contributed by atoms with E-state index in [2.05, 4.69) is 25.2 Å². The molecule has 3 rings (SSSR count). The Morgan fingerprint density at radius 2 is 2.03 bits per heavy atom. The lowest BCUT2D eigenvalue weighted by Crippen LogP contribution is -2.17. The highest BCUT2D eigenvalue weighted by Crippen LogP contribution is 2.26. The van der Waals surface area contributed by atoms with Gasteiger partial charge in [0.2, 0.25) is 0 Å². The molecule has 0 radical (unpaired) electrons. The highest BCUT2D eigenvalue weighted by molar-refractivity contribution is 5.91. The molecule has 154 valence electrons. The van der Waals surface area contributed by atoms with Crippen LogP contribution < -0.4 is 5.32 Å². The van der Waals surface area contributed by atoms with E-state index in [1.807, 2.05) is 13.8 Å². The van der Waals surface area contributed by atoms with Crippen molar-refractivity contribution >= 4 is 23.5 Å². The van der Waals surface area contributed by atoms with E-state index in [4.69, 9.17) is 9.47 Å². The number of methoxy groups -OCH3 is 1. The van der Waals surface area contributed by atoms with Crippen LogP contribution in [-0.2, 0) is 14.2 Å². The lowest BCUT2D eigenvalue weighted by atomic mass is 10.2. The monoisotopic (exact) mass is 402 g/mol. The van der Waals surface area contributed by atoms with Gasteiger partial charge in [-0.3, -0.25) is 5.32 Å². The van der Waals surface area contributed by atoms with Gasteiger partial charge in [0.05, 0.1) is 25.4 Å². The molecule has 0 aliphatic carbocycles. The smallest absolute Gasteiger partial charge is 0.413 e. The average molecular weight is 402 g/mol. The Kier molecular flexibility index (Phi) is 6.07. The molecule has 1 unspecified atom stereocenters. The number of aromatic nitrogens is 5. The lowest BCUT2D eigenvalue weighted by molar-refractivity contribution is 0.0160. The van der Waals surface area contributed by atoms with Crippen LogP contribution >= 0.6 is 0 Å². The van der Waals surface area contributed by atoms with E-state index in [1.54, 1.807) is 36.1 Å². The van der Waals surface area contributed by atoms with Crippen LogP contribution in [0.2, 0.25) is 0 Å². The number of carbonyl (C=O) groups is 2.